The van der Waals surface area contributed by atoms with E-state index in [0.717, 1.165) is 0 Å². The smallest absolute Gasteiger partial charge is 0.147 e. The molecule has 0 aromatic rings. The third kappa shape index (κ3) is 4.14. The van der Waals surface area contributed by atoms with Crippen LogP contribution in [0.2, 0.25) is 13.1 Å². The van der Waals surface area contributed by atoms with Crippen molar-refractivity contribution in [2.75, 3.05) is 0 Å². The minimum Gasteiger partial charge on any atom is -0.147 e. The summed E-state index contributed by atoms with van der Waals surface area (Å²) < 4.78 is 5.65. The Morgan fingerprint density at radius 1 is 0.667 bits per heavy atom. The fourth-order valence-electron chi connectivity index (χ4n) is 5.30. The summed E-state index contributed by atoms with van der Waals surface area (Å²) in [4.78, 5) is 0. The molecular weight excluding hydrogens is 423 g/mol. The Balaban J connectivity index is 0.00000182. The molecule has 0 amide bonds. The third-order valence-electron chi connectivity index (χ3n) is 6.45. The van der Waals surface area contributed by atoms with E-state index in [9.17, 15) is 0 Å². The molecule has 0 radical (unpaired) electrons. The zero-order chi connectivity index (χ0) is 18.5. The minimum absolute atomic E-state index is 0. The molecule has 0 spiro atoms. The van der Waals surface area contributed by atoms with Crippen molar-refractivity contribution in [1.82, 2.24) is 0 Å². The first-order chi connectivity index (χ1) is 11.7. The number of hydrogen-bond acceptors (Lipinski definition) is 0. The molecule has 0 atom stereocenters. The molecule has 0 unspecified atom stereocenters. The Morgan fingerprint density at radius 3 is 1.37 bits per heavy atom. The summed E-state index contributed by atoms with van der Waals surface area (Å²) in [7, 11) is 0. The zero-order valence-corrected chi connectivity index (χ0v) is 22.4. The van der Waals surface area contributed by atoms with Crippen LogP contribution in [-0.2, 0) is 15.3 Å². The quantitative estimate of drug-likeness (QED) is 0.375. The fourth-order valence-corrected chi connectivity index (χ4v) is 25.9. The standard InChI is InChI=1S/3C7H9.C2H6Si.2ClH.Ti/c2*1-6-3-4-7(2)5-6;1-6-4-3-5-7(6)2;1-3-2;;;/h2*5H,3H2,1-2H3;4H,5H2,1-2H3;1-2H3;2*1H;. The molecular formula is C23H35Cl2SiTi. The van der Waals surface area contributed by atoms with Crippen LogP contribution in [0.4, 0.5) is 0 Å². The molecule has 27 heavy (non-hydrogen) atoms. The Hall–Kier alpha value is -0.0488. The average molecular weight is 458 g/mol. The van der Waals surface area contributed by atoms with Crippen molar-refractivity contribution >= 4 is 31.0 Å². The SMILES string of the molecule is CC1=CC(C)=[C]([Ti]([C]2=CC(C)=C(C)C2)([C]2=C(C)C=C(C)C2)=[Si](C)C)C1.Cl.Cl. The summed E-state index contributed by atoms with van der Waals surface area (Å²) in [6, 6.07) is 0. The summed E-state index contributed by atoms with van der Waals surface area (Å²) in [5.41, 5.74) is 9.51. The van der Waals surface area contributed by atoms with Gasteiger partial charge in [-0.1, -0.05) is 0 Å². The van der Waals surface area contributed by atoms with Crippen LogP contribution >= 0.6 is 24.8 Å². The van der Waals surface area contributed by atoms with E-state index in [2.05, 4.69) is 72.9 Å². The normalized spacial score (nSPS) is 19.8. The van der Waals surface area contributed by atoms with Gasteiger partial charge in [-0.3, -0.25) is 0 Å². The van der Waals surface area contributed by atoms with Crippen molar-refractivity contribution in [2.45, 2.75) is 73.9 Å². The molecule has 0 aromatic carbocycles. The minimum atomic E-state index is -2.48. The zero-order valence-electron chi connectivity index (χ0n) is 18.2. The summed E-state index contributed by atoms with van der Waals surface area (Å²) in [6.45, 7) is 19.4. The monoisotopic (exact) mass is 457 g/mol. The third-order valence-corrected chi connectivity index (χ3v) is 25.4. The van der Waals surface area contributed by atoms with Gasteiger partial charge < -0.3 is 0 Å². The summed E-state index contributed by atoms with van der Waals surface area (Å²) in [5.74, 6) is 0. The summed E-state index contributed by atoms with van der Waals surface area (Å²) in [5, 5.41) is 0. The van der Waals surface area contributed by atoms with Gasteiger partial charge in [0.2, 0.25) is 0 Å². The topological polar surface area (TPSA) is 0 Å². The van der Waals surface area contributed by atoms with E-state index >= 15 is 0 Å². The van der Waals surface area contributed by atoms with Crippen LogP contribution in [-0.4, -0.2) is 6.19 Å². The van der Waals surface area contributed by atoms with E-state index in [4.69, 9.17) is 0 Å². The molecule has 3 aliphatic rings. The van der Waals surface area contributed by atoms with Crippen LogP contribution in [0.5, 0.6) is 0 Å². The molecule has 0 heterocycles. The van der Waals surface area contributed by atoms with E-state index in [0.29, 0.717) is 0 Å². The van der Waals surface area contributed by atoms with Gasteiger partial charge in [-0.05, 0) is 0 Å². The van der Waals surface area contributed by atoms with Gasteiger partial charge in [0.05, 0.1) is 0 Å². The van der Waals surface area contributed by atoms with E-state index < -0.39 is 21.5 Å². The van der Waals surface area contributed by atoms with Crippen molar-refractivity contribution in [1.29, 1.82) is 0 Å². The van der Waals surface area contributed by atoms with Crippen molar-refractivity contribution in [3.63, 3.8) is 0 Å². The van der Waals surface area contributed by atoms with Crippen LogP contribution in [0.1, 0.15) is 60.8 Å². The Morgan fingerprint density at radius 2 is 1.11 bits per heavy atom. The van der Waals surface area contributed by atoms with Gasteiger partial charge in [0.25, 0.3) is 0 Å². The number of rotatable bonds is 3. The maximum absolute atomic E-state index is 2.62. The van der Waals surface area contributed by atoms with Gasteiger partial charge in [-0.2, -0.15) is 0 Å². The molecule has 0 nitrogen and oxygen atoms in total. The van der Waals surface area contributed by atoms with Crippen LogP contribution in [0.25, 0.3) is 0 Å². The van der Waals surface area contributed by atoms with E-state index in [1.807, 2.05) is 11.6 Å². The summed E-state index contributed by atoms with van der Waals surface area (Å²) >= 11 is -2.48. The van der Waals surface area contributed by atoms with Gasteiger partial charge in [0.1, 0.15) is 0 Å². The van der Waals surface area contributed by atoms with E-state index in [1.54, 1.807) is 27.9 Å². The van der Waals surface area contributed by atoms with Gasteiger partial charge in [0.15, 0.2) is 0 Å². The van der Waals surface area contributed by atoms with Gasteiger partial charge in [0, 0.05) is 0 Å². The maximum Gasteiger partial charge on any atom is -0.147 e. The first-order valence-corrected chi connectivity index (χ1v) is 16.8. The molecule has 0 aliphatic heterocycles. The summed E-state index contributed by atoms with van der Waals surface area (Å²) in [6.07, 6.45) is 10.9. The molecule has 149 valence electrons. The van der Waals surface area contributed by atoms with Crippen molar-refractivity contribution in [3.05, 3.63) is 63.3 Å². The van der Waals surface area contributed by atoms with E-state index in [-0.39, 0.29) is 24.8 Å². The van der Waals surface area contributed by atoms with Gasteiger partial charge in [-0.25, -0.2) is 0 Å². The molecule has 0 bridgehead atoms. The maximum atomic E-state index is 2.62. The van der Waals surface area contributed by atoms with Crippen molar-refractivity contribution in [2.24, 2.45) is 0 Å². The molecule has 0 fully saturated rings. The van der Waals surface area contributed by atoms with Crippen LogP contribution in [0.15, 0.2) is 63.3 Å². The van der Waals surface area contributed by atoms with Gasteiger partial charge >= 0.3 is 159 Å². The molecule has 0 N–H and O–H groups in total. The van der Waals surface area contributed by atoms with Crippen LogP contribution in [0, 0.1) is 0 Å². The largest absolute Gasteiger partial charge is 0.147 e. The number of hydrogen-bond donors (Lipinski definition) is 0. The fraction of sp³-hybridized carbons (Fsp3) is 0.478. The molecule has 0 saturated heterocycles. The second-order valence-corrected chi connectivity index (χ2v) is 23.7. The van der Waals surface area contributed by atoms with E-state index in [1.165, 1.54) is 24.8 Å². The van der Waals surface area contributed by atoms with Crippen molar-refractivity contribution in [3.8, 4) is 0 Å². The predicted octanol–water partition coefficient (Wildman–Crippen LogP) is 8.11. The van der Waals surface area contributed by atoms with Crippen LogP contribution in [0.3, 0.4) is 0 Å². The first-order valence-electron chi connectivity index (χ1n) is 9.60. The van der Waals surface area contributed by atoms with Crippen LogP contribution < -0.4 is 0 Å². The Bertz CT molecular complexity index is 855. The second-order valence-electron chi connectivity index (χ2n) is 8.72. The number of allylic oxidation sites excluding steroid dienone is 12. The predicted molar refractivity (Wildman–Crippen MR) is 125 cm³/mol. The Kier molecular flexibility index (Phi) is 8.50. The molecule has 0 saturated carbocycles. The first kappa shape index (κ1) is 25.0. The number of halogens is 2. The second kappa shape index (κ2) is 9.18. The molecule has 0 aromatic heterocycles. The molecule has 4 heteroatoms. The van der Waals surface area contributed by atoms with Crippen molar-refractivity contribution < 1.29 is 15.3 Å². The Labute approximate surface area is 182 Å². The van der Waals surface area contributed by atoms with Gasteiger partial charge in [-0.15, -0.1) is 24.8 Å². The molecule has 3 aliphatic carbocycles. The molecule has 3 rings (SSSR count). The average Bonchev–Trinajstić information content (AvgIpc) is 3.12.